The molecule has 0 spiro atoms. The fraction of sp³-hybridized carbons (Fsp3) is 0.115. The number of fused-ring (bicyclic) bond motifs is 1. The summed E-state index contributed by atoms with van der Waals surface area (Å²) in [7, 11) is 0. The highest BCUT2D eigenvalue weighted by atomic mass is 35.5. The number of rotatable bonds is 5. The number of H-pyrrole nitrogens is 1. The lowest BCUT2D eigenvalue weighted by Crippen LogP contribution is -2.25. The van der Waals surface area contributed by atoms with Gasteiger partial charge in [-0.15, -0.1) is 5.10 Å². The first-order valence-corrected chi connectivity index (χ1v) is 12.6. The normalized spacial score (nSPS) is 13.8. The standard InChI is InChI=1S/C25H18Cl2N8O2.CH2O2/c26-15-5-6-19(34-12-21(27)32-33-34)16(9-15)17-10-23(36)35-20(7-8-22(35)30-17)25-29-11-18(31-25)13-1-3-14(4-2-13)24(28)37;2-1-3/h1-6,9-12,20H,7-8H2,(H2,28,37)(H,29,31);1H,(H,2,3)/t20-;/m0./s1. The van der Waals surface area contributed by atoms with Crippen molar-refractivity contribution < 1.29 is 14.7 Å². The Balaban J connectivity index is 0.00000103. The Morgan fingerprint density at radius 2 is 1.90 bits per heavy atom. The Hall–Kier alpha value is -4.81. The van der Waals surface area contributed by atoms with Gasteiger partial charge < -0.3 is 15.8 Å². The topological polar surface area (TPSA) is 175 Å². The first kappa shape index (κ1) is 26.8. The first-order chi connectivity index (χ1) is 19.3. The number of carboxylic acid groups (broad SMARTS) is 1. The molecule has 2 aromatic carbocycles. The van der Waals surface area contributed by atoms with Gasteiger partial charge in [0.25, 0.3) is 12.0 Å². The Morgan fingerprint density at radius 3 is 2.58 bits per heavy atom. The zero-order chi connectivity index (χ0) is 28.4. The van der Waals surface area contributed by atoms with Crippen LogP contribution < -0.4 is 11.3 Å². The molecule has 0 aliphatic carbocycles. The second-order valence-corrected chi connectivity index (χ2v) is 9.52. The predicted octanol–water partition coefficient (Wildman–Crippen LogP) is 3.52. The van der Waals surface area contributed by atoms with Gasteiger partial charge in [0.1, 0.15) is 11.6 Å². The zero-order valence-electron chi connectivity index (χ0n) is 20.5. The van der Waals surface area contributed by atoms with Crippen LogP contribution in [0.2, 0.25) is 10.2 Å². The van der Waals surface area contributed by atoms with Gasteiger partial charge in [-0.1, -0.05) is 40.5 Å². The molecule has 0 radical (unpaired) electrons. The number of halogens is 2. The predicted molar refractivity (Wildman–Crippen MR) is 147 cm³/mol. The van der Waals surface area contributed by atoms with Crippen molar-refractivity contribution in [3.63, 3.8) is 0 Å². The van der Waals surface area contributed by atoms with Crippen LogP contribution in [0.3, 0.4) is 0 Å². The molecule has 0 saturated heterocycles. The number of carbonyl (C=O) groups excluding carboxylic acids is 1. The highest BCUT2D eigenvalue weighted by Gasteiger charge is 2.29. The summed E-state index contributed by atoms with van der Waals surface area (Å²) in [5, 5.41) is 15.5. The molecular weight excluding hydrogens is 559 g/mol. The average molecular weight is 579 g/mol. The number of hydrogen-bond donors (Lipinski definition) is 3. The van der Waals surface area contributed by atoms with Crippen LogP contribution >= 0.6 is 23.2 Å². The molecule has 1 aliphatic heterocycles. The number of aromatic nitrogens is 7. The summed E-state index contributed by atoms with van der Waals surface area (Å²) in [5.74, 6) is 0.824. The third-order valence-corrected chi connectivity index (χ3v) is 6.72. The van der Waals surface area contributed by atoms with Crippen molar-refractivity contribution in [1.29, 1.82) is 0 Å². The fourth-order valence-corrected chi connectivity index (χ4v) is 4.88. The van der Waals surface area contributed by atoms with E-state index >= 15 is 0 Å². The number of nitrogens with two attached hydrogens (primary N) is 1. The van der Waals surface area contributed by atoms with E-state index < -0.39 is 5.91 Å². The second kappa shape index (κ2) is 11.1. The maximum Gasteiger partial charge on any atom is 0.290 e. The van der Waals surface area contributed by atoms with Crippen LogP contribution in [-0.4, -0.2) is 52.0 Å². The van der Waals surface area contributed by atoms with E-state index in [1.165, 1.54) is 10.7 Å². The maximum absolute atomic E-state index is 13.4. The molecule has 202 valence electrons. The van der Waals surface area contributed by atoms with Crippen molar-refractivity contribution in [3.8, 4) is 28.2 Å². The molecule has 4 N–H and O–H groups in total. The van der Waals surface area contributed by atoms with Gasteiger partial charge in [0, 0.05) is 28.6 Å². The number of amides is 1. The van der Waals surface area contributed by atoms with Crippen LogP contribution in [-0.2, 0) is 11.2 Å². The van der Waals surface area contributed by atoms with Gasteiger partial charge in [0.05, 0.1) is 35.5 Å². The summed E-state index contributed by atoms with van der Waals surface area (Å²) < 4.78 is 3.18. The Morgan fingerprint density at radius 1 is 1.15 bits per heavy atom. The fourth-order valence-electron chi connectivity index (χ4n) is 4.58. The van der Waals surface area contributed by atoms with Crippen molar-refractivity contribution in [2.45, 2.75) is 18.9 Å². The summed E-state index contributed by atoms with van der Waals surface area (Å²) >= 11 is 12.2. The largest absolute Gasteiger partial charge is 0.483 e. The van der Waals surface area contributed by atoms with E-state index in [-0.39, 0.29) is 23.2 Å². The molecule has 0 fully saturated rings. The van der Waals surface area contributed by atoms with Gasteiger partial charge in [-0.2, -0.15) is 0 Å². The summed E-state index contributed by atoms with van der Waals surface area (Å²) in [5.41, 5.74) is 8.94. The highest BCUT2D eigenvalue weighted by molar-refractivity contribution is 6.31. The summed E-state index contributed by atoms with van der Waals surface area (Å²) in [6.07, 6.45) is 4.55. The summed E-state index contributed by atoms with van der Waals surface area (Å²) in [4.78, 5) is 45.7. The van der Waals surface area contributed by atoms with E-state index in [1.54, 1.807) is 59.4 Å². The number of aryl methyl sites for hydroxylation is 1. The molecule has 0 saturated carbocycles. The van der Waals surface area contributed by atoms with E-state index in [1.807, 2.05) is 0 Å². The number of nitrogens with one attached hydrogen (secondary N) is 1. The van der Waals surface area contributed by atoms with Crippen molar-refractivity contribution in [2.75, 3.05) is 0 Å². The molecule has 0 bridgehead atoms. The molecule has 3 aromatic heterocycles. The van der Waals surface area contributed by atoms with Crippen molar-refractivity contribution >= 4 is 35.6 Å². The van der Waals surface area contributed by atoms with Gasteiger partial charge in [-0.05, 0) is 42.3 Å². The van der Waals surface area contributed by atoms with Crippen LogP contribution in [0, 0.1) is 0 Å². The van der Waals surface area contributed by atoms with Crippen LogP contribution in [0.15, 0.2) is 65.7 Å². The third kappa shape index (κ3) is 5.22. The summed E-state index contributed by atoms with van der Waals surface area (Å²) in [6, 6.07) is 13.4. The molecular formula is C26H20Cl2N8O4. The number of aromatic amines is 1. The summed E-state index contributed by atoms with van der Waals surface area (Å²) in [6.45, 7) is -0.250. The van der Waals surface area contributed by atoms with Gasteiger partial charge >= 0.3 is 0 Å². The van der Waals surface area contributed by atoms with Gasteiger partial charge in [0.2, 0.25) is 5.91 Å². The number of benzene rings is 2. The monoisotopic (exact) mass is 578 g/mol. The van der Waals surface area contributed by atoms with Crippen LogP contribution in [0.4, 0.5) is 0 Å². The number of carbonyl (C=O) groups is 2. The quantitative estimate of drug-likeness (QED) is 0.265. The van der Waals surface area contributed by atoms with E-state index in [9.17, 15) is 9.59 Å². The molecule has 14 heteroatoms. The lowest BCUT2D eigenvalue weighted by Gasteiger charge is -2.14. The van der Waals surface area contributed by atoms with Crippen LogP contribution in [0.5, 0.6) is 0 Å². The SMILES string of the molecule is NC(=O)c1ccc(-c2cnc([C@@H]3CCc4nc(-c5cc(Cl)ccc5-n5cc(Cl)nn5)cc(=O)n43)[nH]2)cc1.O=CO. The minimum absolute atomic E-state index is 0.200. The molecule has 40 heavy (non-hydrogen) atoms. The molecule has 4 heterocycles. The van der Waals surface area contributed by atoms with Crippen LogP contribution in [0.25, 0.3) is 28.2 Å². The van der Waals surface area contributed by atoms with E-state index in [0.717, 1.165) is 11.3 Å². The number of nitrogens with zero attached hydrogens (tertiary/aromatic N) is 6. The highest BCUT2D eigenvalue weighted by Crippen LogP contribution is 2.32. The molecule has 5 aromatic rings. The Labute approximate surface area is 236 Å². The van der Waals surface area contributed by atoms with Crippen molar-refractivity contribution in [3.05, 3.63) is 98.7 Å². The molecule has 12 nitrogen and oxygen atoms in total. The lowest BCUT2D eigenvalue weighted by atomic mass is 10.1. The zero-order valence-corrected chi connectivity index (χ0v) is 22.0. The Bertz CT molecular complexity index is 1780. The number of primary amides is 1. The first-order valence-electron chi connectivity index (χ1n) is 11.8. The van der Waals surface area contributed by atoms with Gasteiger partial charge in [-0.3, -0.25) is 19.0 Å². The smallest absolute Gasteiger partial charge is 0.290 e. The third-order valence-electron chi connectivity index (χ3n) is 6.32. The lowest BCUT2D eigenvalue weighted by molar-refractivity contribution is -0.122. The molecule has 1 amide bonds. The number of hydrogen-bond acceptors (Lipinski definition) is 7. The van der Waals surface area contributed by atoms with Gasteiger partial charge in [-0.25, -0.2) is 14.6 Å². The van der Waals surface area contributed by atoms with E-state index in [0.29, 0.717) is 52.0 Å². The average Bonchev–Trinajstić information content (AvgIpc) is 3.69. The van der Waals surface area contributed by atoms with E-state index in [2.05, 4.69) is 20.3 Å². The minimum Gasteiger partial charge on any atom is -0.483 e. The molecule has 1 atom stereocenters. The Kier molecular flexibility index (Phi) is 7.45. The van der Waals surface area contributed by atoms with Crippen LogP contribution in [0.1, 0.15) is 34.5 Å². The molecule has 1 aliphatic rings. The maximum atomic E-state index is 13.4. The minimum atomic E-state index is -0.486. The molecule has 6 rings (SSSR count). The molecule has 0 unspecified atom stereocenters. The van der Waals surface area contributed by atoms with E-state index in [4.69, 9.17) is 43.8 Å². The number of imidazole rings is 1. The van der Waals surface area contributed by atoms with Gasteiger partial charge in [0.15, 0.2) is 5.15 Å². The van der Waals surface area contributed by atoms with Crippen molar-refractivity contribution in [2.24, 2.45) is 5.73 Å². The second-order valence-electron chi connectivity index (χ2n) is 8.70. The van der Waals surface area contributed by atoms with Crippen molar-refractivity contribution in [1.82, 2.24) is 34.5 Å².